The molecule has 1 aromatic rings. The van der Waals surface area contributed by atoms with Crippen molar-refractivity contribution in [3.8, 4) is 0 Å². The van der Waals surface area contributed by atoms with Crippen molar-refractivity contribution in [1.29, 1.82) is 0 Å². The van der Waals surface area contributed by atoms with Crippen LogP contribution in [0.4, 0.5) is 13.2 Å². The Morgan fingerprint density at radius 3 is 2.75 bits per heavy atom. The molecule has 0 bridgehead atoms. The van der Waals surface area contributed by atoms with Gasteiger partial charge in [-0.05, 0) is 104 Å². The van der Waals surface area contributed by atoms with Crippen LogP contribution in [-0.2, 0) is 14.3 Å². The molecule has 2 saturated heterocycles. The first kappa shape index (κ1) is 34.2. The van der Waals surface area contributed by atoms with Crippen LogP contribution in [0.2, 0.25) is 0 Å². The van der Waals surface area contributed by atoms with E-state index in [1.807, 2.05) is 6.08 Å². The molecule has 244 valence electrons. The van der Waals surface area contributed by atoms with Crippen molar-refractivity contribution < 1.29 is 27.4 Å². The molecule has 0 amide bonds. The highest BCUT2D eigenvalue weighted by Gasteiger charge is 2.47. The Hall–Kier alpha value is -2.65. The zero-order valence-corrected chi connectivity index (χ0v) is 26.9. The molecule has 6 nitrogen and oxygen atoms in total. The minimum absolute atomic E-state index is 0.0102. The lowest BCUT2D eigenvalue weighted by molar-refractivity contribution is -0.162. The molecule has 9 heteroatoms. The summed E-state index contributed by atoms with van der Waals surface area (Å²) in [5.41, 5.74) is 3.42. The van der Waals surface area contributed by atoms with E-state index in [0.717, 1.165) is 44.0 Å². The van der Waals surface area contributed by atoms with E-state index in [-0.39, 0.29) is 32.0 Å². The Bertz CT molecular complexity index is 1220. The second-order valence-electron chi connectivity index (χ2n) is 13.5. The number of carbonyl (C=O) groups is 1. The molecule has 44 heavy (non-hydrogen) atoms. The van der Waals surface area contributed by atoms with Crippen LogP contribution in [-0.4, -0.2) is 53.6 Å². The second kappa shape index (κ2) is 15.1. The predicted molar refractivity (Wildman–Crippen MR) is 167 cm³/mol. The molecular formula is C35H50F3N3O3. The Balaban J connectivity index is 1.41. The number of hydrogen-bond acceptors (Lipinski definition) is 6. The lowest BCUT2D eigenvalue weighted by Gasteiger charge is -2.33. The van der Waals surface area contributed by atoms with Gasteiger partial charge in [-0.15, -0.1) is 0 Å². The van der Waals surface area contributed by atoms with Crippen LogP contribution < -0.4 is 5.32 Å². The molecule has 3 aliphatic rings. The Morgan fingerprint density at radius 2 is 2.05 bits per heavy atom. The van der Waals surface area contributed by atoms with Gasteiger partial charge in [0.15, 0.2) is 0 Å². The van der Waals surface area contributed by atoms with Crippen LogP contribution in [0.25, 0.3) is 0 Å². The summed E-state index contributed by atoms with van der Waals surface area (Å²) in [6.07, 6.45) is 11.2. The zero-order valence-electron chi connectivity index (χ0n) is 26.9. The number of aromatic nitrogens is 1. The monoisotopic (exact) mass is 617 g/mol. The number of unbranched alkanes of at least 4 members (excludes halogenated alkanes) is 1. The highest BCUT2D eigenvalue weighted by atomic mass is 19.3. The minimum atomic E-state index is -2.89. The molecule has 1 N–H and O–H groups in total. The number of esters is 1. The van der Waals surface area contributed by atoms with Crippen LogP contribution in [0.5, 0.6) is 0 Å². The average Bonchev–Trinajstić information content (AvgIpc) is 3.45. The number of carbonyl (C=O) groups excluding carboxylic acids is 1. The third kappa shape index (κ3) is 9.43. The molecule has 3 unspecified atom stereocenters. The minimum Gasteiger partial charge on any atom is -0.459 e. The van der Waals surface area contributed by atoms with Gasteiger partial charge >= 0.3 is 5.97 Å². The van der Waals surface area contributed by atoms with Gasteiger partial charge in [-0.1, -0.05) is 24.3 Å². The smallest absolute Gasteiger partial charge is 0.328 e. The summed E-state index contributed by atoms with van der Waals surface area (Å²) >= 11 is 0. The van der Waals surface area contributed by atoms with Gasteiger partial charge in [-0.2, -0.15) is 0 Å². The predicted octanol–water partition coefficient (Wildman–Crippen LogP) is 8.13. The molecule has 0 aromatic carbocycles. The third-order valence-corrected chi connectivity index (χ3v) is 8.78. The van der Waals surface area contributed by atoms with Crippen molar-refractivity contribution in [2.24, 2.45) is 5.92 Å². The number of allylic oxidation sites excluding steroid dienone is 5. The highest BCUT2D eigenvalue weighted by molar-refractivity contribution is 5.78. The molecular weight excluding hydrogens is 567 g/mol. The van der Waals surface area contributed by atoms with Gasteiger partial charge in [-0.25, -0.2) is 18.0 Å². The van der Waals surface area contributed by atoms with Crippen LogP contribution >= 0.6 is 0 Å². The van der Waals surface area contributed by atoms with Crippen molar-refractivity contribution in [2.75, 3.05) is 26.2 Å². The lowest BCUT2D eigenvalue weighted by Crippen LogP contribution is -2.39. The molecule has 0 spiro atoms. The topological polar surface area (TPSA) is 63.7 Å². The van der Waals surface area contributed by atoms with E-state index in [9.17, 15) is 9.18 Å². The summed E-state index contributed by atoms with van der Waals surface area (Å²) in [7, 11) is 0. The van der Waals surface area contributed by atoms with Crippen molar-refractivity contribution >= 4 is 5.97 Å². The Labute approximate surface area is 261 Å². The second-order valence-corrected chi connectivity index (χ2v) is 13.5. The Kier molecular flexibility index (Phi) is 11.7. The summed E-state index contributed by atoms with van der Waals surface area (Å²) in [6, 6.07) is 0.247. The number of halogens is 3. The van der Waals surface area contributed by atoms with Gasteiger partial charge in [0, 0.05) is 43.3 Å². The first-order valence-electron chi connectivity index (χ1n) is 16.3. The molecule has 0 radical (unpaired) electrons. The van der Waals surface area contributed by atoms with E-state index in [4.69, 9.17) is 9.47 Å². The van der Waals surface area contributed by atoms with E-state index in [2.05, 4.69) is 29.9 Å². The molecule has 3 aliphatic heterocycles. The number of hydrogen-bond donors (Lipinski definition) is 1. The van der Waals surface area contributed by atoms with E-state index in [1.54, 1.807) is 25.7 Å². The largest absolute Gasteiger partial charge is 0.459 e. The Morgan fingerprint density at radius 1 is 1.25 bits per heavy atom. The number of nitrogens with one attached hydrogen (secondary N) is 1. The van der Waals surface area contributed by atoms with E-state index in [0.29, 0.717) is 43.5 Å². The van der Waals surface area contributed by atoms with Gasteiger partial charge in [-0.3, -0.25) is 9.88 Å². The molecule has 4 rings (SSSR count). The fraction of sp³-hybridized carbons (Fsp3) is 0.657. The van der Waals surface area contributed by atoms with Gasteiger partial charge in [0.1, 0.15) is 17.5 Å². The normalized spacial score (nSPS) is 22.7. The van der Waals surface area contributed by atoms with Gasteiger partial charge in [0.05, 0.1) is 18.0 Å². The van der Waals surface area contributed by atoms with Gasteiger partial charge in [0.2, 0.25) is 0 Å². The lowest BCUT2D eigenvalue weighted by atomic mass is 9.94. The summed E-state index contributed by atoms with van der Waals surface area (Å²) in [4.78, 5) is 19.7. The average molecular weight is 618 g/mol. The highest BCUT2D eigenvalue weighted by Crippen LogP contribution is 2.42. The van der Waals surface area contributed by atoms with Crippen LogP contribution in [0.3, 0.4) is 0 Å². The first-order chi connectivity index (χ1) is 20.8. The van der Waals surface area contributed by atoms with Gasteiger partial charge in [0.25, 0.3) is 5.92 Å². The van der Waals surface area contributed by atoms with Gasteiger partial charge < -0.3 is 14.8 Å². The number of pyridine rings is 1. The van der Waals surface area contributed by atoms with Crippen molar-refractivity contribution in [3.63, 3.8) is 0 Å². The number of rotatable bonds is 12. The van der Waals surface area contributed by atoms with Crippen molar-refractivity contribution in [2.45, 2.75) is 116 Å². The fourth-order valence-corrected chi connectivity index (χ4v) is 6.39. The maximum absolute atomic E-state index is 15.5. The standard InChI is InChI=1S/C35H50F3N3O3/c1-24(14-15-26-12-10-18-39-25(26)2)11-6-8-17-35(37,38)27-16-19-41(23-27)32(33(42)44-34(3,4)5)29-21-28(36)22-40-31(29)30-13-7-9-20-43-30/h14-15,21-22,27,30,32,39H,1,6-13,16-20,23H2,2-5H3/b15-14-. The van der Waals surface area contributed by atoms with E-state index >= 15 is 8.78 Å². The molecule has 1 aromatic heterocycles. The molecule has 2 fully saturated rings. The zero-order chi connectivity index (χ0) is 31.9. The van der Waals surface area contributed by atoms with E-state index < -0.39 is 35.3 Å². The molecule has 0 saturated carbocycles. The molecule has 3 atom stereocenters. The van der Waals surface area contributed by atoms with Crippen LogP contribution in [0.15, 0.2) is 47.8 Å². The van der Waals surface area contributed by atoms with E-state index in [1.165, 1.54) is 17.3 Å². The third-order valence-electron chi connectivity index (χ3n) is 8.78. The van der Waals surface area contributed by atoms with Crippen molar-refractivity contribution in [3.05, 3.63) is 64.9 Å². The maximum atomic E-state index is 15.5. The number of alkyl halides is 2. The summed E-state index contributed by atoms with van der Waals surface area (Å²) in [6.45, 7) is 13.3. The van der Waals surface area contributed by atoms with Crippen LogP contribution in [0, 0.1) is 11.7 Å². The SMILES string of the molecule is C=C(/C=C\C1=C(C)NCCC1)CCCCC(F)(F)C1CCN(C(C(=O)OC(C)(C)C)c2cc(F)cnc2C2CCCCO2)C1. The fourth-order valence-electron chi connectivity index (χ4n) is 6.39. The summed E-state index contributed by atoms with van der Waals surface area (Å²) in [5, 5.41) is 3.37. The summed E-state index contributed by atoms with van der Waals surface area (Å²) < 4.78 is 57.4. The molecule has 0 aliphatic carbocycles. The van der Waals surface area contributed by atoms with Crippen molar-refractivity contribution in [1.82, 2.24) is 15.2 Å². The molecule has 4 heterocycles. The first-order valence-corrected chi connectivity index (χ1v) is 16.3. The van der Waals surface area contributed by atoms with Crippen LogP contribution in [0.1, 0.15) is 115 Å². The quantitative estimate of drug-likeness (QED) is 0.145. The number of likely N-dealkylation sites (tertiary alicyclic amines) is 1. The number of ether oxygens (including phenoxy) is 2. The maximum Gasteiger partial charge on any atom is 0.328 e. The summed E-state index contributed by atoms with van der Waals surface area (Å²) in [5.74, 6) is -4.99. The number of nitrogens with zero attached hydrogens (tertiary/aromatic N) is 2.